The Kier molecular flexibility index (Phi) is 8.80. The van der Waals surface area contributed by atoms with Crippen molar-refractivity contribution in [2.45, 2.75) is 67.3 Å². The van der Waals surface area contributed by atoms with Crippen LogP contribution in [0.25, 0.3) is 10.8 Å². The molecule has 0 spiro atoms. The molecule has 1 unspecified atom stereocenters. The van der Waals surface area contributed by atoms with Crippen LogP contribution in [0.4, 0.5) is 10.2 Å². The van der Waals surface area contributed by atoms with Gasteiger partial charge in [-0.1, -0.05) is 39.3 Å². The molecule has 5 nitrogen and oxygen atoms in total. The lowest BCUT2D eigenvalue weighted by Gasteiger charge is -2.42. The number of nitrogens with zero attached hydrogens (tertiary/aromatic N) is 3. The van der Waals surface area contributed by atoms with Gasteiger partial charge in [0.2, 0.25) is 0 Å². The normalized spacial score (nSPS) is 14.9. The number of aryl methyl sites for hydroxylation is 2. The monoisotopic (exact) mass is 476 g/mol. The van der Waals surface area contributed by atoms with Crippen LogP contribution in [-0.2, 0) is 11.3 Å². The van der Waals surface area contributed by atoms with Crippen LogP contribution in [0.15, 0.2) is 30.3 Å². The lowest BCUT2D eigenvalue weighted by atomic mass is 9.75. The molecule has 35 heavy (non-hydrogen) atoms. The summed E-state index contributed by atoms with van der Waals surface area (Å²) in [4.78, 5) is 0. The van der Waals surface area contributed by atoms with Crippen molar-refractivity contribution < 1.29 is 9.13 Å². The van der Waals surface area contributed by atoms with Gasteiger partial charge in [-0.15, -0.1) is 5.10 Å². The third kappa shape index (κ3) is 6.15. The van der Waals surface area contributed by atoms with Gasteiger partial charge in [-0.05, 0) is 74.4 Å². The first-order valence-electron chi connectivity index (χ1n) is 12.5. The third-order valence-electron chi connectivity index (χ3n) is 7.30. The summed E-state index contributed by atoms with van der Waals surface area (Å²) in [7, 11) is 0. The van der Waals surface area contributed by atoms with E-state index in [0.29, 0.717) is 34.6 Å². The summed E-state index contributed by atoms with van der Waals surface area (Å²) in [5.74, 6) is 1.24. The fraction of sp³-hybridized carbons (Fsp3) is 0.483. The van der Waals surface area contributed by atoms with Gasteiger partial charge in [-0.25, -0.2) is 4.39 Å². The highest BCUT2D eigenvalue weighted by atomic mass is 19.1. The summed E-state index contributed by atoms with van der Waals surface area (Å²) in [5, 5.41) is 22.3. The molecule has 1 aliphatic heterocycles. The second-order valence-corrected chi connectivity index (χ2v) is 9.90. The summed E-state index contributed by atoms with van der Waals surface area (Å²) in [6, 6.07) is 11.1. The number of benzene rings is 2. The molecule has 2 aromatic carbocycles. The number of nitrogens with one attached hydrogen (secondary N) is 1. The molecular weight excluding hydrogens is 439 g/mol. The Hall–Kier alpha value is -3.04. The minimum atomic E-state index is -0.248. The van der Waals surface area contributed by atoms with Crippen LogP contribution in [0.1, 0.15) is 68.0 Å². The summed E-state index contributed by atoms with van der Waals surface area (Å²) in [6.07, 6.45) is 3.96. The zero-order chi connectivity index (χ0) is 25.6. The van der Waals surface area contributed by atoms with E-state index < -0.39 is 0 Å². The number of ether oxygens (including phenoxy) is 1. The number of hydrogen-bond donors (Lipinski definition) is 1. The molecule has 6 heteroatoms. The van der Waals surface area contributed by atoms with Crippen molar-refractivity contribution in [3.63, 3.8) is 0 Å². The van der Waals surface area contributed by atoms with Gasteiger partial charge in [0, 0.05) is 22.7 Å². The van der Waals surface area contributed by atoms with E-state index in [1.807, 2.05) is 26.0 Å². The summed E-state index contributed by atoms with van der Waals surface area (Å²) in [6.45, 7) is 14.9. The minimum Gasteiger partial charge on any atom is -0.380 e. The van der Waals surface area contributed by atoms with Crippen molar-refractivity contribution in [1.29, 1.82) is 5.26 Å². The van der Waals surface area contributed by atoms with E-state index in [2.05, 4.69) is 42.4 Å². The van der Waals surface area contributed by atoms with Crippen molar-refractivity contribution in [1.82, 2.24) is 10.2 Å². The molecule has 0 radical (unpaired) electrons. The average Bonchev–Trinajstić information content (AvgIpc) is 2.83. The van der Waals surface area contributed by atoms with Crippen LogP contribution >= 0.6 is 0 Å². The van der Waals surface area contributed by atoms with Crippen molar-refractivity contribution in [2.24, 2.45) is 11.3 Å². The van der Waals surface area contributed by atoms with Gasteiger partial charge in [0.25, 0.3) is 0 Å². The number of hydrogen-bond acceptors (Lipinski definition) is 5. The van der Waals surface area contributed by atoms with Crippen LogP contribution < -0.4 is 5.32 Å². The molecule has 4 rings (SSSR count). The largest absolute Gasteiger partial charge is 0.380 e. The molecule has 186 valence electrons. The van der Waals surface area contributed by atoms with Gasteiger partial charge in [0.1, 0.15) is 5.82 Å². The molecular formula is C29H37FN4O. The lowest BCUT2D eigenvalue weighted by molar-refractivity contribution is -0.125. The first-order chi connectivity index (χ1) is 16.7. The highest BCUT2D eigenvalue weighted by molar-refractivity contribution is 5.93. The fourth-order valence-corrected chi connectivity index (χ4v) is 4.46. The van der Waals surface area contributed by atoms with Crippen molar-refractivity contribution in [2.75, 3.05) is 18.5 Å². The second-order valence-electron chi connectivity index (χ2n) is 9.90. The molecule has 1 aliphatic rings. The zero-order valence-corrected chi connectivity index (χ0v) is 21.8. The van der Waals surface area contributed by atoms with Crippen LogP contribution in [0.3, 0.4) is 0 Å². The summed E-state index contributed by atoms with van der Waals surface area (Å²) in [5.41, 5.74) is 4.45. The molecule has 2 heterocycles. The molecule has 1 fully saturated rings. The van der Waals surface area contributed by atoms with Gasteiger partial charge in [-0.2, -0.15) is 10.4 Å². The van der Waals surface area contributed by atoms with E-state index in [0.717, 1.165) is 41.0 Å². The Bertz CT molecular complexity index is 1210. The van der Waals surface area contributed by atoms with Crippen molar-refractivity contribution in [3.8, 4) is 6.07 Å². The molecule has 1 atom stereocenters. The maximum Gasteiger partial charge on any atom is 0.156 e. The predicted octanol–water partition coefficient (Wildman–Crippen LogP) is 7.03. The second kappa shape index (κ2) is 11.6. The topological polar surface area (TPSA) is 70.8 Å². The molecule has 1 saturated heterocycles. The Morgan fingerprint density at radius 2 is 1.89 bits per heavy atom. The summed E-state index contributed by atoms with van der Waals surface area (Å²) < 4.78 is 19.1. The molecule has 0 amide bonds. The third-order valence-corrected chi connectivity index (χ3v) is 7.30. The number of aromatic nitrogens is 2. The van der Waals surface area contributed by atoms with E-state index >= 15 is 0 Å². The van der Waals surface area contributed by atoms with E-state index in [9.17, 15) is 4.39 Å². The molecule has 1 N–H and O–H groups in total. The minimum absolute atomic E-state index is 0.248. The average molecular weight is 477 g/mol. The molecule has 0 aliphatic carbocycles. The van der Waals surface area contributed by atoms with Crippen LogP contribution in [-0.4, -0.2) is 23.4 Å². The Balaban J connectivity index is 0.000000261. The molecule has 1 aromatic heterocycles. The summed E-state index contributed by atoms with van der Waals surface area (Å²) >= 11 is 0. The van der Waals surface area contributed by atoms with Crippen molar-refractivity contribution in [3.05, 3.63) is 64.1 Å². The SMILES string of the molecule is CCC(C)CC1(CC)COC1.Cc1cc2c(NCc3cccc(C#N)c3C)nnc(C)c2cc1F. The number of anilines is 1. The Morgan fingerprint density at radius 1 is 1.14 bits per heavy atom. The molecule has 0 saturated carbocycles. The molecule has 3 aromatic rings. The van der Waals surface area contributed by atoms with E-state index in [4.69, 9.17) is 10.00 Å². The lowest BCUT2D eigenvalue weighted by Crippen LogP contribution is -2.43. The van der Waals surface area contributed by atoms with E-state index in [1.165, 1.54) is 25.3 Å². The van der Waals surface area contributed by atoms with Gasteiger partial charge >= 0.3 is 0 Å². The first kappa shape index (κ1) is 26.6. The standard InChI is InChI=1S/C19H17FN4.C10H20O/c1-11-7-17-16(8-18(11)20)13(3)23-24-19(17)22-10-15-6-4-5-14(9-21)12(15)2;1-4-9(3)6-10(5-2)7-11-8-10/h4-8H,10H2,1-3H3,(H,22,24);9H,4-8H2,1-3H3. The number of halogens is 1. The van der Waals surface area contributed by atoms with Gasteiger partial charge in [0.15, 0.2) is 5.82 Å². The van der Waals surface area contributed by atoms with E-state index in [-0.39, 0.29) is 5.82 Å². The van der Waals surface area contributed by atoms with Gasteiger partial charge < -0.3 is 10.1 Å². The number of nitriles is 1. The highest BCUT2D eigenvalue weighted by Crippen LogP contribution is 2.38. The van der Waals surface area contributed by atoms with Crippen LogP contribution in [0, 0.1) is 49.3 Å². The number of rotatable bonds is 7. The first-order valence-corrected chi connectivity index (χ1v) is 12.5. The van der Waals surface area contributed by atoms with Crippen molar-refractivity contribution >= 4 is 16.6 Å². The Morgan fingerprint density at radius 3 is 2.49 bits per heavy atom. The van der Waals surface area contributed by atoms with Gasteiger partial charge in [0.05, 0.1) is 30.5 Å². The zero-order valence-electron chi connectivity index (χ0n) is 21.8. The number of fused-ring (bicyclic) bond motifs is 1. The van der Waals surface area contributed by atoms with E-state index in [1.54, 1.807) is 19.1 Å². The molecule has 0 bridgehead atoms. The quantitative estimate of drug-likeness (QED) is 0.396. The predicted molar refractivity (Wildman–Crippen MR) is 140 cm³/mol. The smallest absolute Gasteiger partial charge is 0.156 e. The van der Waals surface area contributed by atoms with Gasteiger partial charge in [-0.3, -0.25) is 0 Å². The Labute approximate surface area is 208 Å². The fourth-order valence-electron chi connectivity index (χ4n) is 4.46. The van der Waals surface area contributed by atoms with Crippen LogP contribution in [0.2, 0.25) is 0 Å². The maximum absolute atomic E-state index is 13.8. The highest BCUT2D eigenvalue weighted by Gasteiger charge is 2.37. The maximum atomic E-state index is 13.8. The van der Waals surface area contributed by atoms with Crippen LogP contribution in [0.5, 0.6) is 0 Å².